The highest BCUT2D eigenvalue weighted by Crippen LogP contribution is 2.24. The zero-order chi connectivity index (χ0) is 19.9. The SMILES string of the molecule is COc1ccc([C@H](CNC(=S)Nc2cc(C)cc(C)c2)N2CCOCC2)cc1. The first-order valence-electron chi connectivity index (χ1n) is 9.64. The van der Waals surface area contributed by atoms with Gasteiger partial charge in [-0.1, -0.05) is 18.2 Å². The molecule has 0 aliphatic carbocycles. The normalized spacial score (nSPS) is 15.7. The van der Waals surface area contributed by atoms with E-state index >= 15 is 0 Å². The highest BCUT2D eigenvalue weighted by molar-refractivity contribution is 7.80. The van der Waals surface area contributed by atoms with Crippen molar-refractivity contribution in [2.24, 2.45) is 0 Å². The molecule has 150 valence electrons. The van der Waals surface area contributed by atoms with E-state index in [0.717, 1.165) is 44.3 Å². The summed E-state index contributed by atoms with van der Waals surface area (Å²) in [6, 6.07) is 14.8. The molecule has 1 heterocycles. The second-order valence-corrected chi connectivity index (χ2v) is 7.56. The maximum Gasteiger partial charge on any atom is 0.170 e. The quantitative estimate of drug-likeness (QED) is 0.723. The predicted molar refractivity (Wildman–Crippen MR) is 118 cm³/mol. The molecule has 1 aliphatic rings. The Morgan fingerprint density at radius 1 is 1.11 bits per heavy atom. The number of methoxy groups -OCH3 is 1. The van der Waals surface area contributed by atoms with Crippen LogP contribution in [0.4, 0.5) is 5.69 Å². The number of ether oxygens (including phenoxy) is 2. The second-order valence-electron chi connectivity index (χ2n) is 7.15. The van der Waals surface area contributed by atoms with Crippen LogP contribution in [-0.4, -0.2) is 50.0 Å². The number of rotatable bonds is 6. The van der Waals surface area contributed by atoms with Gasteiger partial charge in [0.15, 0.2) is 5.11 Å². The van der Waals surface area contributed by atoms with Crippen molar-refractivity contribution in [3.63, 3.8) is 0 Å². The number of nitrogens with zero attached hydrogens (tertiary/aromatic N) is 1. The van der Waals surface area contributed by atoms with E-state index in [-0.39, 0.29) is 6.04 Å². The first-order chi connectivity index (χ1) is 13.5. The first-order valence-corrected chi connectivity index (χ1v) is 10.0. The molecule has 2 aromatic rings. The molecule has 3 rings (SSSR count). The van der Waals surface area contributed by atoms with Crippen molar-refractivity contribution in [2.75, 3.05) is 45.3 Å². The van der Waals surface area contributed by atoms with E-state index in [2.05, 4.69) is 59.7 Å². The van der Waals surface area contributed by atoms with E-state index in [4.69, 9.17) is 21.7 Å². The summed E-state index contributed by atoms with van der Waals surface area (Å²) in [7, 11) is 1.69. The zero-order valence-electron chi connectivity index (χ0n) is 16.8. The Labute approximate surface area is 173 Å². The summed E-state index contributed by atoms with van der Waals surface area (Å²) in [5.41, 5.74) is 4.69. The van der Waals surface area contributed by atoms with Gasteiger partial charge in [0, 0.05) is 25.3 Å². The number of hydrogen-bond acceptors (Lipinski definition) is 4. The van der Waals surface area contributed by atoms with Gasteiger partial charge in [-0.2, -0.15) is 0 Å². The van der Waals surface area contributed by atoms with E-state index in [0.29, 0.717) is 5.11 Å². The van der Waals surface area contributed by atoms with E-state index in [9.17, 15) is 0 Å². The van der Waals surface area contributed by atoms with Crippen LogP contribution in [0.2, 0.25) is 0 Å². The van der Waals surface area contributed by atoms with Crippen molar-refractivity contribution in [2.45, 2.75) is 19.9 Å². The Balaban J connectivity index is 1.67. The maximum atomic E-state index is 5.55. The number of thiocarbonyl (C=S) groups is 1. The van der Waals surface area contributed by atoms with Crippen LogP contribution in [-0.2, 0) is 4.74 Å². The van der Waals surface area contributed by atoms with Crippen molar-refractivity contribution in [1.29, 1.82) is 0 Å². The summed E-state index contributed by atoms with van der Waals surface area (Å²) in [6.07, 6.45) is 0. The van der Waals surface area contributed by atoms with E-state index in [1.807, 2.05) is 12.1 Å². The maximum absolute atomic E-state index is 5.55. The van der Waals surface area contributed by atoms with Crippen LogP contribution in [0.3, 0.4) is 0 Å². The van der Waals surface area contributed by atoms with Crippen LogP contribution in [0.1, 0.15) is 22.7 Å². The Hall–Kier alpha value is -2.15. The fourth-order valence-corrected chi connectivity index (χ4v) is 3.79. The van der Waals surface area contributed by atoms with Crippen molar-refractivity contribution in [3.8, 4) is 5.75 Å². The van der Waals surface area contributed by atoms with E-state index < -0.39 is 0 Å². The van der Waals surface area contributed by atoms with Crippen molar-refractivity contribution in [1.82, 2.24) is 10.2 Å². The summed E-state index contributed by atoms with van der Waals surface area (Å²) in [4.78, 5) is 2.44. The van der Waals surface area contributed by atoms with Gasteiger partial charge in [0.1, 0.15) is 5.75 Å². The minimum absolute atomic E-state index is 0.216. The molecule has 1 fully saturated rings. The molecule has 2 aromatic carbocycles. The number of nitrogens with one attached hydrogen (secondary N) is 2. The lowest BCUT2D eigenvalue weighted by molar-refractivity contribution is 0.0170. The largest absolute Gasteiger partial charge is 0.497 e. The summed E-state index contributed by atoms with van der Waals surface area (Å²) < 4.78 is 10.8. The topological polar surface area (TPSA) is 45.8 Å². The molecule has 1 atom stereocenters. The summed E-state index contributed by atoms with van der Waals surface area (Å²) >= 11 is 5.55. The lowest BCUT2D eigenvalue weighted by Crippen LogP contribution is -2.44. The second kappa shape index (κ2) is 9.87. The molecule has 6 heteroatoms. The minimum atomic E-state index is 0.216. The lowest BCUT2D eigenvalue weighted by Gasteiger charge is -2.35. The van der Waals surface area contributed by atoms with Gasteiger partial charge >= 0.3 is 0 Å². The molecule has 0 spiro atoms. The molecule has 1 aliphatic heterocycles. The Morgan fingerprint density at radius 3 is 2.36 bits per heavy atom. The lowest BCUT2D eigenvalue weighted by atomic mass is 10.0. The fraction of sp³-hybridized carbons (Fsp3) is 0.409. The van der Waals surface area contributed by atoms with Crippen LogP contribution in [0.25, 0.3) is 0 Å². The summed E-state index contributed by atoms with van der Waals surface area (Å²) in [6.45, 7) is 8.25. The minimum Gasteiger partial charge on any atom is -0.497 e. The van der Waals surface area contributed by atoms with Gasteiger partial charge in [-0.3, -0.25) is 4.90 Å². The molecule has 0 unspecified atom stereocenters. The predicted octanol–water partition coefficient (Wildman–Crippen LogP) is 3.67. The third-order valence-electron chi connectivity index (χ3n) is 4.92. The van der Waals surface area contributed by atoms with Crippen LogP contribution in [0, 0.1) is 13.8 Å². The highest BCUT2D eigenvalue weighted by atomic mass is 32.1. The number of anilines is 1. The summed E-state index contributed by atoms with van der Waals surface area (Å²) in [5, 5.41) is 7.35. The molecule has 1 saturated heterocycles. The molecule has 0 saturated carbocycles. The smallest absolute Gasteiger partial charge is 0.170 e. The Morgan fingerprint density at radius 2 is 1.75 bits per heavy atom. The molecular formula is C22H29N3O2S. The highest BCUT2D eigenvalue weighted by Gasteiger charge is 2.23. The third-order valence-corrected chi connectivity index (χ3v) is 5.17. The van der Waals surface area contributed by atoms with E-state index in [1.54, 1.807) is 7.11 Å². The average Bonchev–Trinajstić information content (AvgIpc) is 2.68. The molecule has 0 bridgehead atoms. The van der Waals surface area contributed by atoms with Crippen LogP contribution >= 0.6 is 12.2 Å². The van der Waals surface area contributed by atoms with E-state index in [1.165, 1.54) is 16.7 Å². The fourth-order valence-electron chi connectivity index (χ4n) is 3.58. The summed E-state index contributed by atoms with van der Waals surface area (Å²) in [5.74, 6) is 0.865. The van der Waals surface area contributed by atoms with Crippen LogP contribution in [0.5, 0.6) is 5.75 Å². The van der Waals surface area contributed by atoms with Crippen LogP contribution in [0.15, 0.2) is 42.5 Å². The molecule has 0 radical (unpaired) electrons. The van der Waals surface area contributed by atoms with Gasteiger partial charge in [-0.25, -0.2) is 0 Å². The molecular weight excluding hydrogens is 370 g/mol. The van der Waals surface area contributed by atoms with Gasteiger partial charge in [0.2, 0.25) is 0 Å². The molecule has 0 aromatic heterocycles. The molecule has 2 N–H and O–H groups in total. The number of benzene rings is 2. The van der Waals surface area contributed by atoms with Crippen molar-refractivity contribution < 1.29 is 9.47 Å². The average molecular weight is 400 g/mol. The molecule has 5 nitrogen and oxygen atoms in total. The monoisotopic (exact) mass is 399 g/mol. The van der Waals surface area contributed by atoms with Gasteiger partial charge < -0.3 is 20.1 Å². The van der Waals surface area contributed by atoms with Gasteiger partial charge in [-0.05, 0) is 67.0 Å². The molecule has 28 heavy (non-hydrogen) atoms. The Bertz CT molecular complexity index is 769. The molecule has 0 amide bonds. The van der Waals surface area contributed by atoms with Crippen molar-refractivity contribution >= 4 is 23.0 Å². The van der Waals surface area contributed by atoms with Gasteiger partial charge in [-0.15, -0.1) is 0 Å². The van der Waals surface area contributed by atoms with Crippen molar-refractivity contribution in [3.05, 3.63) is 59.2 Å². The number of hydrogen-bond donors (Lipinski definition) is 2. The standard InChI is InChI=1S/C22H29N3O2S/c1-16-12-17(2)14-19(13-16)24-22(28)23-15-21(25-8-10-27-11-9-25)18-4-6-20(26-3)7-5-18/h4-7,12-14,21H,8-11,15H2,1-3H3,(H2,23,24,28)/t21-/m0/s1. The van der Waals surface area contributed by atoms with Crippen LogP contribution < -0.4 is 15.4 Å². The Kier molecular flexibility index (Phi) is 7.25. The third kappa shape index (κ3) is 5.67. The number of aryl methyl sites for hydroxylation is 2. The number of morpholine rings is 1. The first kappa shape index (κ1) is 20.6. The van der Waals surface area contributed by atoms with Gasteiger partial charge in [0.25, 0.3) is 0 Å². The zero-order valence-corrected chi connectivity index (χ0v) is 17.6. The van der Waals surface area contributed by atoms with Gasteiger partial charge in [0.05, 0.1) is 26.4 Å².